The maximum Gasteiger partial charge on any atom is 0.352 e. The van der Waals surface area contributed by atoms with Crippen LogP contribution in [0.1, 0.15) is 31.4 Å². The Hall–Kier alpha value is -1.92. The van der Waals surface area contributed by atoms with Crippen LogP contribution in [0.15, 0.2) is 30.3 Å². The van der Waals surface area contributed by atoms with E-state index in [2.05, 4.69) is 0 Å². The van der Waals surface area contributed by atoms with E-state index in [1.165, 1.54) is 12.1 Å². The maximum absolute atomic E-state index is 11.9. The van der Waals surface area contributed by atoms with E-state index < -0.39 is 23.6 Å². The van der Waals surface area contributed by atoms with Crippen molar-refractivity contribution in [1.29, 1.82) is 0 Å². The fourth-order valence-electron chi connectivity index (χ4n) is 1.67. The van der Waals surface area contributed by atoms with Crippen LogP contribution in [0, 0.1) is 0 Å². The quantitative estimate of drug-likeness (QED) is 0.388. The largest absolute Gasteiger partial charge is 0.479 e. The van der Waals surface area contributed by atoms with E-state index in [9.17, 15) is 14.7 Å². The Morgan fingerprint density at radius 2 is 1.95 bits per heavy atom. The smallest absolute Gasteiger partial charge is 0.352 e. The molecule has 1 aromatic rings. The molecule has 6 nitrogen and oxygen atoms in total. The molecule has 0 radical (unpaired) electrons. The van der Waals surface area contributed by atoms with Crippen LogP contribution in [0.3, 0.4) is 0 Å². The minimum atomic E-state index is -2.80. The number of hydrogen-bond acceptors (Lipinski definition) is 5. The van der Waals surface area contributed by atoms with Crippen LogP contribution in [0.5, 0.6) is 0 Å². The van der Waals surface area contributed by atoms with Crippen LogP contribution in [-0.4, -0.2) is 34.4 Å². The summed E-state index contributed by atoms with van der Waals surface area (Å²) in [4.78, 5) is 23.1. The summed E-state index contributed by atoms with van der Waals surface area (Å²) in [5, 5.41) is 19.3. The summed E-state index contributed by atoms with van der Waals surface area (Å²) in [7, 11) is 0. The van der Waals surface area contributed by atoms with Crippen molar-refractivity contribution >= 4 is 11.9 Å². The molecule has 4 N–H and O–H groups in total. The molecule has 0 saturated heterocycles. The van der Waals surface area contributed by atoms with E-state index in [4.69, 9.17) is 15.6 Å². The van der Waals surface area contributed by atoms with Gasteiger partial charge in [-0.15, -0.1) is 0 Å². The molecule has 2 unspecified atom stereocenters. The number of carboxylic acid groups (broad SMARTS) is 1. The van der Waals surface area contributed by atoms with Crippen molar-refractivity contribution in [1.82, 2.24) is 0 Å². The molecule has 0 aliphatic carbocycles. The van der Waals surface area contributed by atoms with E-state index in [1.54, 1.807) is 18.2 Å². The molecular weight excluding hydrogens is 262 g/mol. The topological polar surface area (TPSA) is 110 Å². The predicted molar refractivity (Wildman–Crippen MR) is 71.8 cm³/mol. The number of nitrogens with two attached hydrogens (primary N) is 1. The Balaban J connectivity index is 2.97. The molecule has 2 atom stereocenters. The van der Waals surface area contributed by atoms with Crippen LogP contribution in [-0.2, 0) is 14.3 Å². The third-order valence-corrected chi connectivity index (χ3v) is 2.98. The maximum atomic E-state index is 11.9. The first-order valence-electron chi connectivity index (χ1n) is 6.38. The lowest BCUT2D eigenvalue weighted by Crippen LogP contribution is -2.55. The molecule has 0 bridgehead atoms. The van der Waals surface area contributed by atoms with Gasteiger partial charge in [0.25, 0.3) is 5.60 Å². The molecule has 0 heterocycles. The third-order valence-electron chi connectivity index (χ3n) is 2.98. The lowest BCUT2D eigenvalue weighted by molar-refractivity contribution is -0.183. The highest BCUT2D eigenvalue weighted by Crippen LogP contribution is 2.25. The number of carbonyl (C=O) groups is 2. The number of carboxylic acids is 1. The zero-order valence-corrected chi connectivity index (χ0v) is 11.3. The van der Waals surface area contributed by atoms with Gasteiger partial charge in [-0.1, -0.05) is 43.7 Å². The van der Waals surface area contributed by atoms with Gasteiger partial charge < -0.3 is 20.7 Å². The van der Waals surface area contributed by atoms with Crippen LogP contribution >= 0.6 is 0 Å². The second-order valence-corrected chi connectivity index (χ2v) is 4.45. The van der Waals surface area contributed by atoms with Gasteiger partial charge in [0.15, 0.2) is 0 Å². The molecule has 1 aromatic carbocycles. The summed E-state index contributed by atoms with van der Waals surface area (Å²) in [5.74, 6) is -2.97. The molecule has 0 aliphatic heterocycles. The highest BCUT2D eigenvalue weighted by Gasteiger charge is 2.52. The van der Waals surface area contributed by atoms with Gasteiger partial charge in [-0.05, 0) is 12.0 Å². The van der Waals surface area contributed by atoms with Gasteiger partial charge in [-0.3, -0.25) is 0 Å². The average Bonchev–Trinajstić information content (AvgIpc) is 2.46. The lowest BCUT2D eigenvalue weighted by Gasteiger charge is -2.27. The summed E-state index contributed by atoms with van der Waals surface area (Å²) in [5.41, 5.74) is 3.29. The van der Waals surface area contributed by atoms with Gasteiger partial charge in [0.1, 0.15) is 0 Å². The zero-order chi connectivity index (χ0) is 15.2. The van der Waals surface area contributed by atoms with E-state index in [0.717, 1.165) is 6.42 Å². The molecule has 0 saturated carbocycles. The Kier molecular flexibility index (Phi) is 5.66. The molecule has 20 heavy (non-hydrogen) atoms. The average molecular weight is 281 g/mol. The van der Waals surface area contributed by atoms with Gasteiger partial charge in [-0.25, -0.2) is 9.59 Å². The third kappa shape index (κ3) is 3.34. The number of hydrogen-bond donors (Lipinski definition) is 3. The summed E-state index contributed by atoms with van der Waals surface area (Å²) < 4.78 is 4.80. The predicted octanol–water partition coefficient (Wildman–Crippen LogP) is 0.845. The van der Waals surface area contributed by atoms with Crippen molar-refractivity contribution in [3.8, 4) is 0 Å². The van der Waals surface area contributed by atoms with Gasteiger partial charge in [-0.2, -0.15) is 0 Å². The highest BCUT2D eigenvalue weighted by molar-refractivity contribution is 6.03. The highest BCUT2D eigenvalue weighted by atomic mass is 16.6. The number of aliphatic carboxylic acids is 1. The first-order valence-corrected chi connectivity index (χ1v) is 6.38. The van der Waals surface area contributed by atoms with Crippen LogP contribution in [0.2, 0.25) is 0 Å². The van der Waals surface area contributed by atoms with Gasteiger partial charge in [0.05, 0.1) is 12.6 Å². The SMILES string of the molecule is CCCCOC(=O)C(O)(C(=O)O)C(N)c1ccccc1. The Labute approximate surface area is 117 Å². The molecule has 0 amide bonds. The summed E-state index contributed by atoms with van der Waals surface area (Å²) in [6.07, 6.45) is 1.37. The fraction of sp³-hybridized carbons (Fsp3) is 0.429. The van der Waals surface area contributed by atoms with Gasteiger partial charge in [0, 0.05) is 0 Å². The number of benzene rings is 1. The molecule has 0 spiro atoms. The van der Waals surface area contributed by atoms with Crippen molar-refractivity contribution < 1.29 is 24.5 Å². The van der Waals surface area contributed by atoms with E-state index in [-0.39, 0.29) is 6.61 Å². The second-order valence-electron chi connectivity index (χ2n) is 4.45. The summed E-state index contributed by atoms with van der Waals surface area (Å²) in [6.45, 7) is 1.94. The molecular formula is C14H19NO5. The summed E-state index contributed by atoms with van der Waals surface area (Å²) >= 11 is 0. The van der Waals surface area contributed by atoms with Crippen molar-refractivity contribution in [2.75, 3.05) is 6.61 Å². The minimum absolute atomic E-state index is 0.0480. The lowest BCUT2D eigenvalue weighted by atomic mass is 9.89. The molecule has 0 aliphatic rings. The number of unbranched alkanes of at least 4 members (excludes halogenated alkanes) is 1. The molecule has 110 valence electrons. The monoisotopic (exact) mass is 281 g/mol. The number of rotatable bonds is 7. The van der Waals surface area contributed by atoms with Crippen LogP contribution < -0.4 is 5.73 Å². The fourth-order valence-corrected chi connectivity index (χ4v) is 1.67. The van der Waals surface area contributed by atoms with Crippen molar-refractivity contribution in [3.05, 3.63) is 35.9 Å². The van der Waals surface area contributed by atoms with Crippen molar-refractivity contribution in [2.24, 2.45) is 5.73 Å². The Bertz CT molecular complexity index is 462. The number of esters is 1. The van der Waals surface area contributed by atoms with Crippen molar-refractivity contribution in [2.45, 2.75) is 31.4 Å². The van der Waals surface area contributed by atoms with Crippen LogP contribution in [0.25, 0.3) is 0 Å². The van der Waals surface area contributed by atoms with E-state index in [1.807, 2.05) is 6.92 Å². The Morgan fingerprint density at radius 3 is 2.45 bits per heavy atom. The second kappa shape index (κ2) is 7.02. The standard InChI is InChI=1S/C14H19NO5/c1-2-3-9-20-13(18)14(19,12(16)17)11(15)10-7-5-4-6-8-10/h4-8,11,19H,2-3,9,15H2,1H3,(H,16,17). The van der Waals surface area contributed by atoms with Gasteiger partial charge in [0.2, 0.25) is 0 Å². The summed E-state index contributed by atoms with van der Waals surface area (Å²) in [6, 6.07) is 6.67. The molecule has 6 heteroatoms. The number of aliphatic hydroxyl groups is 1. The number of ether oxygens (including phenoxy) is 1. The first-order chi connectivity index (χ1) is 9.44. The number of carbonyl (C=O) groups excluding carboxylic acids is 1. The van der Waals surface area contributed by atoms with E-state index in [0.29, 0.717) is 12.0 Å². The van der Waals surface area contributed by atoms with E-state index >= 15 is 0 Å². The Morgan fingerprint density at radius 1 is 1.35 bits per heavy atom. The van der Waals surface area contributed by atoms with Crippen molar-refractivity contribution in [3.63, 3.8) is 0 Å². The van der Waals surface area contributed by atoms with Crippen LogP contribution in [0.4, 0.5) is 0 Å². The normalized spacial score (nSPS) is 15.2. The molecule has 1 rings (SSSR count). The minimum Gasteiger partial charge on any atom is -0.479 e. The first kappa shape index (κ1) is 16.1. The molecule has 0 fully saturated rings. The zero-order valence-electron chi connectivity index (χ0n) is 11.3. The van der Waals surface area contributed by atoms with Gasteiger partial charge >= 0.3 is 11.9 Å². The molecule has 0 aromatic heterocycles.